The fourth-order valence-electron chi connectivity index (χ4n) is 3.26. The van der Waals surface area contributed by atoms with Crippen LogP contribution in [0.15, 0.2) is 36.5 Å². The molecule has 2 aromatic rings. The second kappa shape index (κ2) is 13.1. The van der Waals surface area contributed by atoms with E-state index >= 15 is 0 Å². The van der Waals surface area contributed by atoms with Crippen molar-refractivity contribution in [2.45, 2.75) is 19.0 Å². The summed E-state index contributed by atoms with van der Waals surface area (Å²) >= 11 is 5.97. The number of carbonyl (C=O) groups excluding carboxylic acids is 1. The van der Waals surface area contributed by atoms with Crippen LogP contribution in [0, 0.1) is 0 Å². The normalized spacial score (nSPS) is 14.6. The molecule has 10 nitrogen and oxygen atoms in total. The van der Waals surface area contributed by atoms with Crippen LogP contribution in [-0.2, 0) is 25.9 Å². The number of carbonyl (C=O) groups is 1. The summed E-state index contributed by atoms with van der Waals surface area (Å²) in [5, 5.41) is -0.361. The van der Waals surface area contributed by atoms with Gasteiger partial charge in [-0.3, -0.25) is 0 Å². The van der Waals surface area contributed by atoms with E-state index < -0.39 is 28.0 Å². The molecule has 1 N–H and O–H groups in total. The van der Waals surface area contributed by atoms with Crippen molar-refractivity contribution in [3.63, 3.8) is 0 Å². The van der Waals surface area contributed by atoms with Crippen molar-refractivity contribution in [3.05, 3.63) is 52.7 Å². The number of hydrogen-bond acceptors (Lipinski definition) is 8. The number of halogens is 4. The van der Waals surface area contributed by atoms with Crippen molar-refractivity contribution >= 4 is 34.0 Å². The lowest BCUT2D eigenvalue weighted by Gasteiger charge is -2.15. The Hall–Kier alpha value is -3.07. The molecule has 38 heavy (non-hydrogen) atoms. The molecule has 0 spiro atoms. The number of ether oxygens (including phenoxy) is 4. The molecule has 3 rings (SSSR count). The van der Waals surface area contributed by atoms with Crippen molar-refractivity contribution in [3.8, 4) is 17.4 Å². The Bertz CT molecular complexity index is 1250. The van der Waals surface area contributed by atoms with Gasteiger partial charge in [-0.2, -0.15) is 25.9 Å². The fourth-order valence-corrected chi connectivity index (χ4v) is 4.60. The van der Waals surface area contributed by atoms with Crippen molar-refractivity contribution in [1.29, 1.82) is 0 Å². The monoisotopic (exact) mass is 579 g/mol. The van der Waals surface area contributed by atoms with Gasteiger partial charge in [-0.1, -0.05) is 17.7 Å². The number of benzene rings is 1. The minimum atomic E-state index is -4.63. The third-order valence-corrected chi connectivity index (χ3v) is 6.85. The zero-order valence-corrected chi connectivity index (χ0v) is 21.7. The molecular formula is C23H25ClF3N3O7S. The number of methoxy groups -OCH3 is 1. The van der Waals surface area contributed by atoms with Gasteiger partial charge in [0.15, 0.2) is 0 Å². The van der Waals surface area contributed by atoms with E-state index in [1.807, 2.05) is 4.72 Å². The van der Waals surface area contributed by atoms with Crippen LogP contribution in [0.4, 0.5) is 18.0 Å². The predicted molar refractivity (Wildman–Crippen MR) is 131 cm³/mol. The maximum absolute atomic E-state index is 12.9. The molecule has 0 aliphatic carbocycles. The first-order chi connectivity index (χ1) is 18.0. The van der Waals surface area contributed by atoms with Gasteiger partial charge in [0, 0.05) is 38.0 Å². The molecule has 1 amide bonds. The average molecular weight is 580 g/mol. The highest BCUT2D eigenvalue weighted by Gasteiger charge is 2.32. The maximum atomic E-state index is 12.9. The highest BCUT2D eigenvalue weighted by Crippen LogP contribution is 2.36. The summed E-state index contributed by atoms with van der Waals surface area (Å²) in [5.74, 6) is 0.234. The summed E-state index contributed by atoms with van der Waals surface area (Å²) in [6.45, 7) is 0.916. The van der Waals surface area contributed by atoms with Crippen LogP contribution in [0.25, 0.3) is 6.08 Å². The number of aromatic nitrogens is 1. The Morgan fingerprint density at radius 3 is 2.61 bits per heavy atom. The highest BCUT2D eigenvalue weighted by molar-refractivity contribution is 7.87. The molecule has 1 aliphatic rings. The highest BCUT2D eigenvalue weighted by atomic mass is 35.5. The van der Waals surface area contributed by atoms with Gasteiger partial charge in [-0.25, -0.2) is 14.5 Å². The summed E-state index contributed by atoms with van der Waals surface area (Å²) < 4.78 is 87.1. The quantitative estimate of drug-likeness (QED) is 0.382. The number of amides is 1. The molecule has 0 unspecified atom stereocenters. The smallest absolute Gasteiger partial charge is 0.422 e. The summed E-state index contributed by atoms with van der Waals surface area (Å²) in [6, 6.07) is 5.37. The minimum absolute atomic E-state index is 0.131. The third kappa shape index (κ3) is 8.48. The molecule has 2 heterocycles. The molecule has 0 bridgehead atoms. The minimum Gasteiger partial charge on any atom is -0.491 e. The Kier molecular flexibility index (Phi) is 10.2. The van der Waals surface area contributed by atoms with Gasteiger partial charge in [-0.15, -0.1) is 0 Å². The van der Waals surface area contributed by atoms with Crippen molar-refractivity contribution < 1.29 is 45.3 Å². The molecule has 1 aliphatic heterocycles. The fraction of sp³-hybridized carbons (Fsp3) is 0.391. The molecule has 0 radical (unpaired) electrons. The number of nitrogens with zero attached hydrogens (tertiary/aromatic N) is 2. The first-order valence-electron chi connectivity index (χ1n) is 11.3. The van der Waals surface area contributed by atoms with Crippen molar-refractivity contribution in [1.82, 2.24) is 14.0 Å². The van der Waals surface area contributed by atoms with Gasteiger partial charge in [0.25, 0.3) is 0 Å². The molecule has 208 valence electrons. The lowest BCUT2D eigenvalue weighted by atomic mass is 10.1. The lowest BCUT2D eigenvalue weighted by Crippen LogP contribution is -2.42. The van der Waals surface area contributed by atoms with E-state index in [2.05, 4.69) is 4.98 Å². The van der Waals surface area contributed by atoms with E-state index in [9.17, 15) is 26.4 Å². The second-order valence-corrected chi connectivity index (χ2v) is 9.94. The summed E-state index contributed by atoms with van der Waals surface area (Å²) in [7, 11) is -2.46. The zero-order chi connectivity index (χ0) is 27.8. The zero-order valence-electron chi connectivity index (χ0n) is 20.2. The van der Waals surface area contributed by atoms with Crippen LogP contribution in [0.3, 0.4) is 0 Å². The van der Waals surface area contributed by atoms with Crippen LogP contribution >= 0.6 is 11.6 Å². The number of hydrogen-bond donors (Lipinski definition) is 1. The standard InChI is InChI=1S/C23H25ClF3N3O7S/c1-34-11-12-35-18-7-6-16(5-4-10-36-22(31)29-38(32,33)30-8-2-3-9-30)20(14-18)37-21-19(24)13-17(15-28-21)23(25,26)27/h4-7,13-15H,2-3,8-12H2,1H3,(H,29,31). The molecule has 1 saturated heterocycles. The Morgan fingerprint density at radius 2 is 1.95 bits per heavy atom. The van der Waals surface area contributed by atoms with Gasteiger partial charge < -0.3 is 18.9 Å². The SMILES string of the molecule is COCCOc1ccc(C=CCOC(=O)NS(=O)(=O)N2CCCC2)c(Oc2ncc(C(F)(F)F)cc2Cl)c1. The van der Waals surface area contributed by atoms with Crippen LogP contribution in [0.2, 0.25) is 5.02 Å². The van der Waals surface area contributed by atoms with E-state index in [0.29, 0.717) is 56.1 Å². The number of nitrogens with one attached hydrogen (secondary N) is 1. The molecule has 1 fully saturated rings. The van der Waals surface area contributed by atoms with Crippen LogP contribution in [0.1, 0.15) is 24.0 Å². The first-order valence-corrected chi connectivity index (χ1v) is 13.1. The van der Waals surface area contributed by atoms with Crippen LogP contribution in [0.5, 0.6) is 17.4 Å². The first kappa shape index (κ1) is 29.5. The Morgan fingerprint density at radius 1 is 1.21 bits per heavy atom. The van der Waals surface area contributed by atoms with E-state index in [0.717, 1.165) is 4.31 Å². The second-order valence-electron chi connectivity index (χ2n) is 7.87. The van der Waals surface area contributed by atoms with E-state index in [-0.39, 0.29) is 29.9 Å². The molecule has 15 heteroatoms. The molecule has 0 atom stereocenters. The number of alkyl halides is 3. The molecular weight excluding hydrogens is 555 g/mol. The van der Waals surface area contributed by atoms with Gasteiger partial charge in [0.1, 0.15) is 29.7 Å². The topological polar surface area (TPSA) is 116 Å². The van der Waals surface area contributed by atoms with Crippen molar-refractivity contribution in [2.24, 2.45) is 0 Å². The third-order valence-electron chi connectivity index (χ3n) is 5.11. The molecule has 1 aromatic carbocycles. The van der Waals surface area contributed by atoms with Crippen LogP contribution in [-0.4, -0.2) is 63.8 Å². The number of rotatable bonds is 11. The average Bonchev–Trinajstić information content (AvgIpc) is 3.40. The molecule has 0 saturated carbocycles. The van der Waals surface area contributed by atoms with Crippen LogP contribution < -0.4 is 14.2 Å². The van der Waals surface area contributed by atoms with Gasteiger partial charge in [0.05, 0.1) is 12.2 Å². The molecule has 1 aromatic heterocycles. The van der Waals surface area contributed by atoms with Gasteiger partial charge in [0.2, 0.25) is 5.88 Å². The van der Waals surface area contributed by atoms with E-state index in [4.69, 9.17) is 30.5 Å². The predicted octanol–water partition coefficient (Wildman–Crippen LogP) is 4.65. The summed E-state index contributed by atoms with van der Waals surface area (Å²) in [4.78, 5) is 15.6. The summed E-state index contributed by atoms with van der Waals surface area (Å²) in [6.07, 6.45) is -0.831. The lowest BCUT2D eigenvalue weighted by molar-refractivity contribution is -0.137. The van der Waals surface area contributed by atoms with Gasteiger partial charge >= 0.3 is 22.5 Å². The Labute approximate surface area is 222 Å². The summed E-state index contributed by atoms with van der Waals surface area (Å²) in [5.41, 5.74) is -0.621. The van der Waals surface area contributed by atoms with E-state index in [1.54, 1.807) is 12.1 Å². The largest absolute Gasteiger partial charge is 0.491 e. The van der Waals surface area contributed by atoms with Gasteiger partial charge in [-0.05, 0) is 37.1 Å². The van der Waals surface area contributed by atoms with Crippen molar-refractivity contribution in [2.75, 3.05) is 40.0 Å². The number of pyridine rings is 1. The van der Waals surface area contributed by atoms with E-state index in [1.165, 1.54) is 25.3 Å². The Balaban J connectivity index is 1.71. The maximum Gasteiger partial charge on any atom is 0.422 e.